The van der Waals surface area contributed by atoms with Crippen LogP contribution in [-0.4, -0.2) is 46.8 Å². The number of hydrogen-bond acceptors (Lipinski definition) is 5. The molecule has 0 bridgehead atoms. The summed E-state index contributed by atoms with van der Waals surface area (Å²) < 4.78 is 18.9. The molecule has 1 saturated carbocycles. The maximum atomic E-state index is 11.5. The number of aromatic carboxylic acids is 1. The van der Waals surface area contributed by atoms with Crippen LogP contribution in [0.3, 0.4) is 0 Å². The third-order valence-electron chi connectivity index (χ3n) is 6.07. The Morgan fingerprint density at radius 2 is 2.27 bits per heavy atom. The van der Waals surface area contributed by atoms with E-state index in [1.165, 1.54) is 12.0 Å². The number of nitrogens with zero attached hydrogens (tertiary/aromatic N) is 2. The van der Waals surface area contributed by atoms with Gasteiger partial charge in [-0.15, -0.1) is 0 Å². The molecule has 0 amide bonds. The van der Waals surface area contributed by atoms with Gasteiger partial charge in [0, 0.05) is 34.7 Å². The van der Waals surface area contributed by atoms with Crippen molar-refractivity contribution >= 4 is 5.97 Å². The molecule has 1 unspecified atom stereocenters. The van der Waals surface area contributed by atoms with Crippen LogP contribution in [0, 0.1) is 6.92 Å². The molecule has 1 aliphatic heterocycles. The largest absolute Gasteiger partial charge is 0.475 e. The average Bonchev–Trinajstić information content (AvgIpc) is 3.14. The molecule has 1 saturated heterocycles. The van der Waals surface area contributed by atoms with Crippen LogP contribution in [0.25, 0.3) is 11.3 Å². The molecule has 1 spiro atoms. The van der Waals surface area contributed by atoms with Crippen LogP contribution in [0.4, 0.5) is 0 Å². The molecule has 26 heavy (non-hydrogen) atoms. The number of rotatable bonds is 3. The Morgan fingerprint density at radius 3 is 2.92 bits per heavy atom. The lowest BCUT2D eigenvalue weighted by Gasteiger charge is -2.43. The number of aromatic nitrogens is 2. The Kier molecular flexibility index (Phi) is 3.52. The van der Waals surface area contributed by atoms with Gasteiger partial charge in [0.1, 0.15) is 11.9 Å². The second-order valence-electron chi connectivity index (χ2n) is 7.65. The average molecular weight is 358 g/mol. The summed E-state index contributed by atoms with van der Waals surface area (Å²) in [5, 5.41) is 14.3. The minimum Gasteiger partial charge on any atom is -0.475 e. The first kappa shape index (κ1) is 16.1. The predicted octanol–water partition coefficient (Wildman–Crippen LogP) is 2.54. The summed E-state index contributed by atoms with van der Waals surface area (Å²) in [7, 11) is 0. The van der Waals surface area contributed by atoms with Gasteiger partial charge in [-0.3, -0.25) is 4.68 Å². The predicted molar refractivity (Wildman–Crippen MR) is 91.4 cm³/mol. The topological polar surface area (TPSA) is 86.7 Å². The number of carbonyl (C=O) groups is 1. The summed E-state index contributed by atoms with van der Waals surface area (Å²) in [6, 6.07) is 0. The van der Waals surface area contributed by atoms with E-state index in [2.05, 4.69) is 6.20 Å². The molecular formula is C19H22N2O5. The Labute approximate surface area is 150 Å². The highest BCUT2D eigenvalue weighted by Gasteiger charge is 2.47. The Bertz CT molecular complexity index is 871. The Hall–Kier alpha value is -2.12. The minimum atomic E-state index is -1.02. The number of furan rings is 1. The molecule has 2 aromatic heterocycles. The lowest BCUT2D eigenvalue weighted by molar-refractivity contribution is -0.0946. The molecule has 2 aromatic rings. The SMILES string of the molecule is Cc1c(C(=O)O)oc2c1-c1nn(CC3COCCO3)cc1C1(CCC1)C2. The normalized spacial score (nSPS) is 23.3. The van der Waals surface area contributed by atoms with E-state index in [0.717, 1.165) is 36.3 Å². The summed E-state index contributed by atoms with van der Waals surface area (Å²) in [5.74, 6) is -0.209. The monoisotopic (exact) mass is 358 g/mol. The Balaban J connectivity index is 1.57. The summed E-state index contributed by atoms with van der Waals surface area (Å²) in [4.78, 5) is 11.5. The zero-order valence-electron chi connectivity index (χ0n) is 14.8. The molecule has 7 heteroatoms. The zero-order valence-corrected chi connectivity index (χ0v) is 14.8. The van der Waals surface area contributed by atoms with Crippen LogP contribution in [0.2, 0.25) is 0 Å². The molecule has 3 aliphatic rings. The molecular weight excluding hydrogens is 336 g/mol. The molecule has 0 aromatic carbocycles. The Morgan fingerprint density at radius 1 is 1.42 bits per heavy atom. The van der Waals surface area contributed by atoms with Gasteiger partial charge < -0.3 is 19.0 Å². The van der Waals surface area contributed by atoms with Crippen molar-refractivity contribution in [3.05, 3.63) is 28.8 Å². The number of hydrogen-bond donors (Lipinski definition) is 1. The molecule has 3 heterocycles. The second-order valence-corrected chi connectivity index (χ2v) is 7.65. The van der Waals surface area contributed by atoms with Gasteiger partial charge in [-0.05, 0) is 19.8 Å². The van der Waals surface area contributed by atoms with Gasteiger partial charge in [0.15, 0.2) is 0 Å². The number of carboxylic acid groups (broad SMARTS) is 1. The van der Waals surface area contributed by atoms with E-state index in [9.17, 15) is 9.90 Å². The molecule has 2 aliphatic carbocycles. The van der Waals surface area contributed by atoms with E-state index in [1.807, 2.05) is 11.6 Å². The van der Waals surface area contributed by atoms with E-state index >= 15 is 0 Å². The highest BCUT2D eigenvalue weighted by Crippen LogP contribution is 2.54. The maximum Gasteiger partial charge on any atom is 0.372 e. The standard InChI is InChI=1S/C19H22N2O5/c1-11-15-14(26-17(11)18(22)23)7-19(3-2-4-19)13-9-21(20-16(13)15)8-12-10-24-5-6-25-12/h9,12H,2-8,10H2,1H3,(H,22,23). The van der Waals surface area contributed by atoms with Gasteiger partial charge in [-0.2, -0.15) is 5.10 Å². The van der Waals surface area contributed by atoms with E-state index in [-0.39, 0.29) is 17.3 Å². The first-order valence-electron chi connectivity index (χ1n) is 9.21. The zero-order chi connectivity index (χ0) is 17.9. The molecule has 1 N–H and O–H groups in total. The fourth-order valence-corrected chi connectivity index (χ4v) is 4.60. The van der Waals surface area contributed by atoms with Crippen molar-refractivity contribution in [2.24, 2.45) is 0 Å². The van der Waals surface area contributed by atoms with Gasteiger partial charge in [0.25, 0.3) is 0 Å². The van der Waals surface area contributed by atoms with E-state index in [1.54, 1.807) is 0 Å². The molecule has 1 atom stereocenters. The van der Waals surface area contributed by atoms with Crippen LogP contribution in [0.15, 0.2) is 10.6 Å². The summed E-state index contributed by atoms with van der Waals surface area (Å²) >= 11 is 0. The number of fused-ring (bicyclic) bond motifs is 4. The summed E-state index contributed by atoms with van der Waals surface area (Å²) in [5.41, 5.74) is 3.70. The highest BCUT2D eigenvalue weighted by molar-refractivity contribution is 5.90. The highest BCUT2D eigenvalue weighted by atomic mass is 16.6. The van der Waals surface area contributed by atoms with E-state index in [4.69, 9.17) is 19.0 Å². The van der Waals surface area contributed by atoms with Gasteiger partial charge >= 0.3 is 5.97 Å². The molecule has 0 radical (unpaired) electrons. The lowest BCUT2D eigenvalue weighted by Crippen LogP contribution is -2.38. The van der Waals surface area contributed by atoms with Crippen molar-refractivity contribution in [2.75, 3.05) is 19.8 Å². The quantitative estimate of drug-likeness (QED) is 0.907. The third kappa shape index (κ3) is 2.27. The maximum absolute atomic E-state index is 11.5. The van der Waals surface area contributed by atoms with E-state index in [0.29, 0.717) is 31.9 Å². The van der Waals surface area contributed by atoms with Crippen LogP contribution in [-0.2, 0) is 27.9 Å². The molecule has 7 nitrogen and oxygen atoms in total. The minimum absolute atomic E-state index is 0.00180. The first-order valence-corrected chi connectivity index (χ1v) is 9.21. The number of carboxylic acids is 1. The van der Waals surface area contributed by atoms with Crippen LogP contribution >= 0.6 is 0 Å². The van der Waals surface area contributed by atoms with Crippen molar-refractivity contribution < 1.29 is 23.8 Å². The van der Waals surface area contributed by atoms with Gasteiger partial charge in [0.05, 0.1) is 32.1 Å². The molecule has 138 valence electrons. The van der Waals surface area contributed by atoms with Crippen molar-refractivity contribution in [2.45, 2.75) is 50.7 Å². The van der Waals surface area contributed by atoms with Gasteiger partial charge in [-0.25, -0.2) is 4.79 Å². The second kappa shape index (κ2) is 5.69. The van der Waals surface area contributed by atoms with Crippen LogP contribution in [0.5, 0.6) is 0 Å². The third-order valence-corrected chi connectivity index (χ3v) is 6.07. The van der Waals surface area contributed by atoms with E-state index < -0.39 is 5.97 Å². The fourth-order valence-electron chi connectivity index (χ4n) is 4.60. The number of ether oxygens (including phenoxy) is 2. The van der Waals surface area contributed by atoms with Crippen molar-refractivity contribution in [3.8, 4) is 11.3 Å². The van der Waals surface area contributed by atoms with Crippen molar-refractivity contribution in [3.63, 3.8) is 0 Å². The van der Waals surface area contributed by atoms with Crippen molar-refractivity contribution in [1.82, 2.24) is 9.78 Å². The smallest absolute Gasteiger partial charge is 0.372 e. The van der Waals surface area contributed by atoms with Crippen LogP contribution < -0.4 is 0 Å². The van der Waals surface area contributed by atoms with Crippen LogP contribution in [0.1, 0.15) is 46.7 Å². The van der Waals surface area contributed by atoms with Gasteiger partial charge in [0.2, 0.25) is 5.76 Å². The summed E-state index contributed by atoms with van der Waals surface area (Å²) in [6.07, 6.45) is 6.26. The fraction of sp³-hybridized carbons (Fsp3) is 0.579. The first-order chi connectivity index (χ1) is 12.6. The molecule has 5 rings (SSSR count). The van der Waals surface area contributed by atoms with Gasteiger partial charge in [-0.1, -0.05) is 6.42 Å². The molecule has 2 fully saturated rings. The lowest BCUT2D eigenvalue weighted by atomic mass is 9.59. The summed E-state index contributed by atoms with van der Waals surface area (Å²) in [6.45, 7) is 4.29. The van der Waals surface area contributed by atoms with Crippen molar-refractivity contribution in [1.29, 1.82) is 0 Å².